The number of hydrogen-bond donors (Lipinski definition) is 2. The lowest BCUT2D eigenvalue weighted by molar-refractivity contribution is -0.141. The molecular formula is C12H17FN2O4S2. The Morgan fingerprint density at radius 1 is 1.57 bits per heavy atom. The summed E-state index contributed by atoms with van der Waals surface area (Å²) in [5.74, 6) is -1.78. The molecule has 118 valence electrons. The second-order valence-electron chi connectivity index (χ2n) is 5.36. The molecule has 21 heavy (non-hydrogen) atoms. The predicted molar refractivity (Wildman–Crippen MR) is 75.6 cm³/mol. The SMILES string of the molecule is Cc1nc(C)c(S(=O)(=O)NC[C@@]2(F)CC[C@@H](C(=O)O)C2)s1. The Kier molecular flexibility index (Phi) is 4.36. The van der Waals surface area contributed by atoms with Crippen LogP contribution in [0.3, 0.4) is 0 Å². The van der Waals surface area contributed by atoms with Gasteiger partial charge in [0.1, 0.15) is 5.67 Å². The van der Waals surface area contributed by atoms with Crippen LogP contribution in [-0.2, 0) is 14.8 Å². The first-order chi connectivity index (χ1) is 9.63. The van der Waals surface area contributed by atoms with Gasteiger partial charge in [-0.3, -0.25) is 4.79 Å². The van der Waals surface area contributed by atoms with Gasteiger partial charge in [0.15, 0.2) is 4.21 Å². The third kappa shape index (κ3) is 3.58. The Morgan fingerprint density at radius 2 is 2.24 bits per heavy atom. The van der Waals surface area contributed by atoms with Crippen LogP contribution in [0.5, 0.6) is 0 Å². The van der Waals surface area contributed by atoms with Crippen molar-refractivity contribution in [3.63, 3.8) is 0 Å². The summed E-state index contributed by atoms with van der Waals surface area (Å²) in [5, 5.41) is 9.50. The molecule has 2 N–H and O–H groups in total. The summed E-state index contributed by atoms with van der Waals surface area (Å²) in [6.07, 6.45) is 0.116. The fraction of sp³-hybridized carbons (Fsp3) is 0.667. The summed E-state index contributed by atoms with van der Waals surface area (Å²) >= 11 is 1.03. The molecule has 0 spiro atoms. The van der Waals surface area contributed by atoms with Crippen LogP contribution in [0.25, 0.3) is 0 Å². The number of alkyl halides is 1. The number of carbonyl (C=O) groups is 1. The van der Waals surface area contributed by atoms with Crippen LogP contribution in [0, 0.1) is 19.8 Å². The minimum absolute atomic E-state index is 0.0488. The normalized spacial score (nSPS) is 26.1. The van der Waals surface area contributed by atoms with Crippen molar-refractivity contribution in [1.82, 2.24) is 9.71 Å². The molecule has 0 radical (unpaired) electrons. The van der Waals surface area contributed by atoms with E-state index in [0.29, 0.717) is 10.7 Å². The van der Waals surface area contributed by atoms with Gasteiger partial charge in [-0.05, 0) is 33.1 Å². The van der Waals surface area contributed by atoms with Crippen molar-refractivity contribution in [2.24, 2.45) is 5.92 Å². The molecule has 1 fully saturated rings. The number of hydrogen-bond acceptors (Lipinski definition) is 5. The van der Waals surface area contributed by atoms with Crippen molar-refractivity contribution in [2.75, 3.05) is 6.54 Å². The van der Waals surface area contributed by atoms with E-state index in [-0.39, 0.29) is 23.5 Å². The van der Waals surface area contributed by atoms with Gasteiger partial charge in [-0.2, -0.15) is 0 Å². The number of sulfonamides is 1. The standard InChI is InChI=1S/C12H17FN2O4S2/c1-7-11(20-8(2)15-7)21(18,19)14-6-12(13)4-3-9(5-12)10(16)17/h9,14H,3-6H2,1-2H3,(H,16,17)/t9-,12-/m1/s1. The minimum Gasteiger partial charge on any atom is -0.481 e. The average Bonchev–Trinajstić information content (AvgIpc) is 2.92. The maximum absolute atomic E-state index is 14.5. The van der Waals surface area contributed by atoms with Crippen molar-refractivity contribution >= 4 is 27.3 Å². The predicted octanol–water partition coefficient (Wildman–Crippen LogP) is 1.63. The number of aliphatic carboxylic acids is 1. The lowest BCUT2D eigenvalue weighted by atomic mass is 10.0. The molecule has 1 aromatic rings. The van der Waals surface area contributed by atoms with Gasteiger partial charge in [0.25, 0.3) is 10.0 Å². The van der Waals surface area contributed by atoms with Gasteiger partial charge < -0.3 is 5.11 Å². The number of carboxylic acid groups (broad SMARTS) is 1. The van der Waals surface area contributed by atoms with Crippen molar-refractivity contribution in [3.8, 4) is 0 Å². The fourth-order valence-corrected chi connectivity index (χ4v) is 5.14. The van der Waals surface area contributed by atoms with E-state index >= 15 is 0 Å². The van der Waals surface area contributed by atoms with E-state index in [4.69, 9.17) is 5.11 Å². The Balaban J connectivity index is 2.06. The topological polar surface area (TPSA) is 96.4 Å². The zero-order valence-electron chi connectivity index (χ0n) is 11.7. The van der Waals surface area contributed by atoms with Crippen molar-refractivity contribution < 1.29 is 22.7 Å². The molecule has 0 unspecified atom stereocenters. The van der Waals surface area contributed by atoms with Crippen LogP contribution in [0.1, 0.15) is 30.0 Å². The van der Waals surface area contributed by atoms with E-state index in [9.17, 15) is 17.6 Å². The number of nitrogens with zero attached hydrogens (tertiary/aromatic N) is 1. The molecule has 0 bridgehead atoms. The Morgan fingerprint density at radius 3 is 2.71 bits per heavy atom. The van der Waals surface area contributed by atoms with E-state index in [0.717, 1.165) is 11.3 Å². The highest BCUT2D eigenvalue weighted by Crippen LogP contribution is 2.37. The molecule has 1 aliphatic carbocycles. The number of rotatable bonds is 5. The highest BCUT2D eigenvalue weighted by Gasteiger charge is 2.43. The monoisotopic (exact) mass is 336 g/mol. The molecule has 0 aromatic carbocycles. The van der Waals surface area contributed by atoms with E-state index in [2.05, 4.69) is 9.71 Å². The Hall–Kier alpha value is -1.06. The number of halogens is 1. The first kappa shape index (κ1) is 16.3. The molecular weight excluding hydrogens is 319 g/mol. The summed E-state index contributed by atoms with van der Waals surface area (Å²) in [6, 6.07) is 0. The third-order valence-corrected chi connectivity index (χ3v) is 6.67. The van der Waals surface area contributed by atoms with Gasteiger partial charge in [-0.1, -0.05) is 0 Å². The number of aryl methyl sites for hydroxylation is 2. The zero-order chi connectivity index (χ0) is 15.8. The second kappa shape index (κ2) is 5.62. The van der Waals surface area contributed by atoms with Gasteiger partial charge in [0.05, 0.1) is 16.6 Å². The quantitative estimate of drug-likeness (QED) is 0.852. The second-order valence-corrected chi connectivity index (χ2v) is 8.52. The van der Waals surface area contributed by atoms with Crippen LogP contribution in [-0.4, -0.2) is 36.7 Å². The molecule has 9 heteroatoms. The minimum atomic E-state index is -3.81. The summed E-state index contributed by atoms with van der Waals surface area (Å²) in [4.78, 5) is 14.9. The lowest BCUT2D eigenvalue weighted by Crippen LogP contribution is -2.38. The third-order valence-electron chi connectivity index (χ3n) is 3.59. The molecule has 1 saturated carbocycles. The fourth-order valence-electron chi connectivity index (χ4n) is 2.50. The Bertz CT molecular complexity index is 658. The smallest absolute Gasteiger partial charge is 0.306 e. The molecule has 1 aromatic heterocycles. The zero-order valence-corrected chi connectivity index (χ0v) is 13.4. The van der Waals surface area contributed by atoms with Crippen LogP contribution < -0.4 is 4.72 Å². The maximum atomic E-state index is 14.5. The summed E-state index contributed by atoms with van der Waals surface area (Å²) in [7, 11) is -3.81. The first-order valence-electron chi connectivity index (χ1n) is 6.48. The van der Waals surface area contributed by atoms with E-state index in [1.54, 1.807) is 13.8 Å². The van der Waals surface area contributed by atoms with Gasteiger partial charge in [-0.15, -0.1) is 11.3 Å². The van der Waals surface area contributed by atoms with Crippen LogP contribution in [0.15, 0.2) is 4.21 Å². The molecule has 6 nitrogen and oxygen atoms in total. The number of thiazole rings is 1. The van der Waals surface area contributed by atoms with Crippen LogP contribution >= 0.6 is 11.3 Å². The highest BCUT2D eigenvalue weighted by atomic mass is 32.2. The molecule has 0 saturated heterocycles. The summed E-state index contributed by atoms with van der Waals surface area (Å²) in [6.45, 7) is 2.87. The van der Waals surface area contributed by atoms with Crippen molar-refractivity contribution in [2.45, 2.75) is 43.0 Å². The van der Waals surface area contributed by atoms with Crippen LogP contribution in [0.4, 0.5) is 4.39 Å². The number of carboxylic acids is 1. The molecule has 2 rings (SSSR count). The van der Waals surface area contributed by atoms with E-state index in [1.807, 2.05) is 0 Å². The van der Waals surface area contributed by atoms with Gasteiger partial charge in [-0.25, -0.2) is 22.5 Å². The number of nitrogens with one attached hydrogen (secondary N) is 1. The highest BCUT2D eigenvalue weighted by molar-refractivity contribution is 7.91. The maximum Gasteiger partial charge on any atom is 0.306 e. The largest absolute Gasteiger partial charge is 0.481 e. The van der Waals surface area contributed by atoms with Gasteiger partial charge in [0.2, 0.25) is 0 Å². The van der Waals surface area contributed by atoms with Crippen molar-refractivity contribution in [1.29, 1.82) is 0 Å². The van der Waals surface area contributed by atoms with E-state index in [1.165, 1.54) is 0 Å². The molecule has 0 aliphatic heterocycles. The Labute approximate surface area is 126 Å². The van der Waals surface area contributed by atoms with Crippen LogP contribution in [0.2, 0.25) is 0 Å². The molecule has 1 heterocycles. The molecule has 1 aliphatic rings. The van der Waals surface area contributed by atoms with Gasteiger partial charge >= 0.3 is 5.97 Å². The summed E-state index contributed by atoms with van der Waals surface area (Å²) < 4.78 is 41.1. The molecule has 0 amide bonds. The van der Waals surface area contributed by atoms with E-state index < -0.39 is 34.1 Å². The molecule has 2 atom stereocenters. The summed E-state index contributed by atoms with van der Waals surface area (Å²) in [5.41, 5.74) is -1.42. The lowest BCUT2D eigenvalue weighted by Gasteiger charge is -2.19. The van der Waals surface area contributed by atoms with Gasteiger partial charge in [0, 0.05) is 6.54 Å². The van der Waals surface area contributed by atoms with Crippen molar-refractivity contribution in [3.05, 3.63) is 10.7 Å². The number of aromatic nitrogens is 1. The average molecular weight is 336 g/mol. The first-order valence-corrected chi connectivity index (χ1v) is 8.78.